The maximum absolute atomic E-state index is 12.6. The van der Waals surface area contributed by atoms with Crippen LogP contribution in [0.2, 0.25) is 0 Å². The maximum Gasteiger partial charge on any atom is 0.306 e. The lowest BCUT2D eigenvalue weighted by atomic mass is 10.0. The molecule has 3 atom stereocenters. The van der Waals surface area contributed by atoms with E-state index in [1.165, 1.54) is 0 Å². The Balaban J connectivity index is 1.62. The minimum Gasteiger partial charge on any atom is -0.497 e. The number of rotatable bonds is 8. The van der Waals surface area contributed by atoms with Crippen LogP contribution < -0.4 is 14.8 Å². The van der Waals surface area contributed by atoms with Crippen LogP contribution in [0.5, 0.6) is 11.5 Å². The molecule has 148 valence electrons. The number of anilines is 1. The van der Waals surface area contributed by atoms with Gasteiger partial charge in [0.25, 0.3) is 0 Å². The van der Waals surface area contributed by atoms with Crippen molar-refractivity contribution in [2.75, 3.05) is 19.5 Å². The van der Waals surface area contributed by atoms with E-state index in [4.69, 9.17) is 14.6 Å². The van der Waals surface area contributed by atoms with Crippen molar-refractivity contribution in [3.63, 3.8) is 0 Å². The fourth-order valence-corrected chi connectivity index (χ4v) is 3.36. The van der Waals surface area contributed by atoms with Crippen LogP contribution in [-0.2, 0) is 16.0 Å². The molecule has 1 fully saturated rings. The topological polar surface area (TPSA) is 84.9 Å². The van der Waals surface area contributed by atoms with Crippen LogP contribution in [0.1, 0.15) is 30.4 Å². The van der Waals surface area contributed by atoms with Gasteiger partial charge in [-0.2, -0.15) is 0 Å². The first-order chi connectivity index (χ1) is 13.4. The number of methoxy groups -OCH3 is 2. The van der Waals surface area contributed by atoms with Crippen LogP contribution in [-0.4, -0.2) is 31.2 Å². The molecule has 0 spiro atoms. The average molecular weight is 383 g/mol. The molecule has 2 aromatic carbocycles. The summed E-state index contributed by atoms with van der Waals surface area (Å²) in [6, 6.07) is 13.0. The Hall–Kier alpha value is -3.02. The SMILES string of the molecule is COc1ccc(OC)c(C2CC2C(=O)Nc2ccc(CC(C)C(=O)O)cc2)c1. The Morgan fingerprint density at radius 3 is 2.46 bits per heavy atom. The summed E-state index contributed by atoms with van der Waals surface area (Å²) in [4.78, 5) is 23.6. The lowest BCUT2D eigenvalue weighted by Crippen LogP contribution is -2.15. The molecule has 0 bridgehead atoms. The van der Waals surface area contributed by atoms with Gasteiger partial charge in [0.05, 0.1) is 20.1 Å². The van der Waals surface area contributed by atoms with Crippen LogP contribution in [0.25, 0.3) is 0 Å². The molecule has 6 heteroatoms. The van der Waals surface area contributed by atoms with Gasteiger partial charge in [-0.3, -0.25) is 9.59 Å². The molecule has 1 aliphatic rings. The van der Waals surface area contributed by atoms with Crippen molar-refractivity contribution in [2.45, 2.75) is 25.7 Å². The monoisotopic (exact) mass is 383 g/mol. The Morgan fingerprint density at radius 1 is 1.14 bits per heavy atom. The van der Waals surface area contributed by atoms with Crippen molar-refractivity contribution in [1.82, 2.24) is 0 Å². The minimum atomic E-state index is -0.815. The zero-order chi connectivity index (χ0) is 20.3. The summed E-state index contributed by atoms with van der Waals surface area (Å²) in [7, 11) is 3.24. The molecule has 1 amide bonds. The predicted molar refractivity (Wildman–Crippen MR) is 106 cm³/mol. The second-order valence-corrected chi connectivity index (χ2v) is 7.19. The Bertz CT molecular complexity index is 862. The molecule has 0 saturated heterocycles. The molecule has 1 aliphatic carbocycles. The van der Waals surface area contributed by atoms with Gasteiger partial charge in [0.15, 0.2) is 0 Å². The van der Waals surface area contributed by atoms with Crippen molar-refractivity contribution in [3.8, 4) is 11.5 Å². The highest BCUT2D eigenvalue weighted by Crippen LogP contribution is 2.51. The molecule has 0 heterocycles. The summed E-state index contributed by atoms with van der Waals surface area (Å²) in [6.07, 6.45) is 1.23. The molecule has 0 radical (unpaired) electrons. The smallest absolute Gasteiger partial charge is 0.306 e. The van der Waals surface area contributed by atoms with Gasteiger partial charge in [-0.25, -0.2) is 0 Å². The van der Waals surface area contributed by atoms with Crippen LogP contribution in [0.3, 0.4) is 0 Å². The molecule has 3 unspecified atom stereocenters. The Labute approximate surface area is 164 Å². The van der Waals surface area contributed by atoms with Crippen LogP contribution in [0.15, 0.2) is 42.5 Å². The maximum atomic E-state index is 12.6. The predicted octanol–water partition coefficient (Wildman–Crippen LogP) is 3.71. The summed E-state index contributed by atoms with van der Waals surface area (Å²) in [5, 5.41) is 11.9. The van der Waals surface area contributed by atoms with Gasteiger partial charge in [-0.15, -0.1) is 0 Å². The molecule has 3 rings (SSSR count). The van der Waals surface area contributed by atoms with E-state index in [-0.39, 0.29) is 17.7 Å². The number of ether oxygens (including phenoxy) is 2. The van der Waals surface area contributed by atoms with E-state index >= 15 is 0 Å². The summed E-state index contributed by atoms with van der Waals surface area (Å²) >= 11 is 0. The molecule has 0 aliphatic heterocycles. The number of aliphatic carboxylic acids is 1. The van der Waals surface area contributed by atoms with E-state index in [1.54, 1.807) is 21.1 Å². The molecule has 1 saturated carbocycles. The number of benzene rings is 2. The summed E-state index contributed by atoms with van der Waals surface area (Å²) in [5.74, 6) is 0.233. The van der Waals surface area contributed by atoms with Gasteiger partial charge in [0, 0.05) is 23.1 Å². The standard InChI is InChI=1S/C22H25NO5/c1-13(22(25)26)10-14-4-6-15(7-5-14)23-21(24)19-12-17(19)18-11-16(27-2)8-9-20(18)28-3/h4-9,11,13,17,19H,10,12H2,1-3H3,(H,23,24)(H,25,26). The van der Waals surface area contributed by atoms with Crippen LogP contribution in [0, 0.1) is 11.8 Å². The lowest BCUT2D eigenvalue weighted by Gasteiger charge is -2.11. The summed E-state index contributed by atoms with van der Waals surface area (Å²) in [5.41, 5.74) is 2.62. The average Bonchev–Trinajstić information content (AvgIpc) is 3.49. The minimum absolute atomic E-state index is 0.0264. The molecule has 2 N–H and O–H groups in total. The van der Waals surface area contributed by atoms with E-state index in [0.29, 0.717) is 12.1 Å². The van der Waals surface area contributed by atoms with Crippen LogP contribution >= 0.6 is 0 Å². The molecule has 2 aromatic rings. The Morgan fingerprint density at radius 2 is 1.86 bits per heavy atom. The second-order valence-electron chi connectivity index (χ2n) is 7.19. The zero-order valence-electron chi connectivity index (χ0n) is 16.3. The third kappa shape index (κ3) is 4.44. The van der Waals surface area contributed by atoms with Gasteiger partial charge >= 0.3 is 5.97 Å². The summed E-state index contributed by atoms with van der Waals surface area (Å²) < 4.78 is 10.7. The van der Waals surface area contributed by atoms with E-state index < -0.39 is 11.9 Å². The molecule has 6 nitrogen and oxygen atoms in total. The molecule has 0 aromatic heterocycles. The van der Waals surface area contributed by atoms with Crippen molar-refractivity contribution in [1.29, 1.82) is 0 Å². The number of carbonyl (C=O) groups is 2. The first-order valence-electron chi connectivity index (χ1n) is 9.27. The zero-order valence-corrected chi connectivity index (χ0v) is 16.3. The van der Waals surface area contributed by atoms with Crippen molar-refractivity contribution in [2.24, 2.45) is 11.8 Å². The first-order valence-corrected chi connectivity index (χ1v) is 9.27. The van der Waals surface area contributed by atoms with Crippen molar-refractivity contribution < 1.29 is 24.2 Å². The summed E-state index contributed by atoms with van der Waals surface area (Å²) in [6.45, 7) is 1.68. The van der Waals surface area contributed by atoms with Crippen LogP contribution in [0.4, 0.5) is 5.69 Å². The van der Waals surface area contributed by atoms with E-state index in [2.05, 4.69) is 5.32 Å². The normalized spacial score (nSPS) is 18.8. The van der Waals surface area contributed by atoms with Crippen molar-refractivity contribution >= 4 is 17.6 Å². The number of carboxylic acids is 1. The van der Waals surface area contributed by atoms with Gasteiger partial charge in [-0.1, -0.05) is 19.1 Å². The number of hydrogen-bond acceptors (Lipinski definition) is 4. The quantitative estimate of drug-likeness (QED) is 0.726. The van der Waals surface area contributed by atoms with Gasteiger partial charge in [-0.05, 0) is 48.7 Å². The third-order valence-corrected chi connectivity index (χ3v) is 5.15. The van der Waals surface area contributed by atoms with Crippen molar-refractivity contribution in [3.05, 3.63) is 53.6 Å². The van der Waals surface area contributed by atoms with Gasteiger partial charge < -0.3 is 19.9 Å². The largest absolute Gasteiger partial charge is 0.497 e. The number of amides is 1. The van der Waals surface area contributed by atoms with Gasteiger partial charge in [0.1, 0.15) is 11.5 Å². The fourth-order valence-electron chi connectivity index (χ4n) is 3.36. The first kappa shape index (κ1) is 19.7. The van der Waals surface area contributed by atoms with E-state index in [1.807, 2.05) is 42.5 Å². The highest BCUT2D eigenvalue weighted by atomic mass is 16.5. The number of carboxylic acid groups (broad SMARTS) is 1. The number of hydrogen-bond donors (Lipinski definition) is 2. The van der Waals surface area contributed by atoms with E-state index in [0.717, 1.165) is 29.0 Å². The second kappa shape index (κ2) is 8.33. The van der Waals surface area contributed by atoms with E-state index in [9.17, 15) is 9.59 Å². The fraction of sp³-hybridized carbons (Fsp3) is 0.364. The Kier molecular flexibility index (Phi) is 5.87. The number of carbonyl (C=O) groups excluding carboxylic acids is 1. The number of nitrogens with one attached hydrogen (secondary N) is 1. The molecular weight excluding hydrogens is 358 g/mol. The van der Waals surface area contributed by atoms with Gasteiger partial charge in [0.2, 0.25) is 5.91 Å². The third-order valence-electron chi connectivity index (χ3n) is 5.15. The highest BCUT2D eigenvalue weighted by molar-refractivity contribution is 5.95. The molecular formula is C22H25NO5. The highest BCUT2D eigenvalue weighted by Gasteiger charge is 2.45. The molecule has 28 heavy (non-hydrogen) atoms. The lowest BCUT2D eigenvalue weighted by molar-refractivity contribution is -0.141.